The van der Waals surface area contributed by atoms with Gasteiger partial charge >= 0.3 is 0 Å². The van der Waals surface area contributed by atoms with Crippen molar-refractivity contribution in [3.8, 4) is 5.75 Å². The van der Waals surface area contributed by atoms with Crippen LogP contribution < -0.4 is 0 Å². The summed E-state index contributed by atoms with van der Waals surface area (Å²) in [5.41, 5.74) is 1.22. The maximum Gasteiger partial charge on any atom is 0.173 e. The molecule has 3 aromatic rings. The first-order valence-corrected chi connectivity index (χ1v) is 6.87. The van der Waals surface area contributed by atoms with Gasteiger partial charge in [-0.3, -0.25) is 0 Å². The second-order valence-corrected chi connectivity index (χ2v) is 5.26. The lowest BCUT2D eigenvalue weighted by Crippen LogP contribution is -1.88. The number of phenolic OH excluding ortho intramolecular Hbond substituents is 1. The van der Waals surface area contributed by atoms with Crippen LogP contribution in [0.3, 0.4) is 0 Å². The SMILES string of the molecule is Cc1cc(/N=N/c2c(S)cc3ccccc3c2O)n(C)n1. The van der Waals surface area contributed by atoms with Gasteiger partial charge in [0.25, 0.3) is 0 Å². The van der Waals surface area contributed by atoms with Gasteiger partial charge in [0, 0.05) is 23.4 Å². The van der Waals surface area contributed by atoms with Crippen molar-refractivity contribution in [2.75, 3.05) is 0 Å². The summed E-state index contributed by atoms with van der Waals surface area (Å²) in [6, 6.07) is 11.2. The van der Waals surface area contributed by atoms with Gasteiger partial charge in [0.1, 0.15) is 5.69 Å². The molecule has 1 heterocycles. The van der Waals surface area contributed by atoms with Crippen molar-refractivity contribution >= 4 is 34.9 Å². The zero-order valence-corrected chi connectivity index (χ0v) is 12.5. The molecule has 1 N–H and O–H groups in total. The normalized spacial score (nSPS) is 11.6. The Morgan fingerprint density at radius 1 is 1.19 bits per heavy atom. The summed E-state index contributed by atoms with van der Waals surface area (Å²) in [5.74, 6) is 0.702. The molecule has 0 aliphatic carbocycles. The molecule has 2 aromatic carbocycles. The second-order valence-electron chi connectivity index (χ2n) is 4.78. The van der Waals surface area contributed by atoms with Gasteiger partial charge in [0.05, 0.1) is 5.69 Å². The van der Waals surface area contributed by atoms with E-state index < -0.39 is 0 Å². The number of hydrogen-bond acceptors (Lipinski definition) is 5. The zero-order chi connectivity index (χ0) is 15.0. The Hall–Kier alpha value is -2.34. The first kappa shape index (κ1) is 13.6. The van der Waals surface area contributed by atoms with Crippen molar-refractivity contribution in [2.24, 2.45) is 17.3 Å². The average molecular weight is 298 g/mol. The third-order valence-electron chi connectivity index (χ3n) is 3.20. The van der Waals surface area contributed by atoms with Crippen LogP contribution in [-0.2, 0) is 7.05 Å². The number of phenols is 1. The minimum absolute atomic E-state index is 0.0840. The van der Waals surface area contributed by atoms with Crippen molar-refractivity contribution in [3.63, 3.8) is 0 Å². The highest BCUT2D eigenvalue weighted by Crippen LogP contribution is 2.40. The minimum atomic E-state index is 0.0840. The number of fused-ring (bicyclic) bond motifs is 1. The van der Waals surface area contributed by atoms with E-state index >= 15 is 0 Å². The number of nitrogens with zero attached hydrogens (tertiary/aromatic N) is 4. The van der Waals surface area contributed by atoms with Gasteiger partial charge in [-0.15, -0.1) is 22.9 Å². The van der Waals surface area contributed by atoms with Crippen molar-refractivity contribution in [3.05, 3.63) is 42.1 Å². The molecule has 1 aromatic heterocycles. The second kappa shape index (κ2) is 5.21. The van der Waals surface area contributed by atoms with Gasteiger partial charge in [-0.1, -0.05) is 24.3 Å². The Bertz CT molecular complexity index is 854. The van der Waals surface area contributed by atoms with Crippen LogP contribution in [-0.4, -0.2) is 14.9 Å². The molecular formula is C15H14N4OS. The van der Waals surface area contributed by atoms with Gasteiger partial charge in [-0.2, -0.15) is 5.10 Å². The molecule has 5 nitrogen and oxygen atoms in total. The third kappa shape index (κ3) is 2.50. The van der Waals surface area contributed by atoms with Crippen LogP contribution in [0.15, 0.2) is 51.5 Å². The first-order chi connectivity index (χ1) is 10.1. The molecular weight excluding hydrogens is 284 g/mol. The highest BCUT2D eigenvalue weighted by Gasteiger charge is 2.10. The Morgan fingerprint density at radius 3 is 2.67 bits per heavy atom. The van der Waals surface area contributed by atoms with E-state index in [4.69, 9.17) is 0 Å². The fraction of sp³-hybridized carbons (Fsp3) is 0.133. The summed E-state index contributed by atoms with van der Waals surface area (Å²) in [5, 5.41) is 24.5. The zero-order valence-electron chi connectivity index (χ0n) is 11.6. The molecule has 3 rings (SSSR count). The number of aromatic nitrogens is 2. The topological polar surface area (TPSA) is 62.8 Å². The number of benzene rings is 2. The smallest absolute Gasteiger partial charge is 0.173 e. The molecule has 0 atom stereocenters. The predicted octanol–water partition coefficient (Wildman–Crippen LogP) is 4.29. The average Bonchev–Trinajstić information content (AvgIpc) is 2.77. The summed E-state index contributed by atoms with van der Waals surface area (Å²) < 4.78 is 1.63. The quantitative estimate of drug-likeness (QED) is 0.547. The number of thiol groups is 1. The van der Waals surface area contributed by atoms with Crippen molar-refractivity contribution in [1.29, 1.82) is 0 Å². The summed E-state index contributed by atoms with van der Waals surface area (Å²) >= 11 is 4.38. The van der Waals surface area contributed by atoms with Crippen molar-refractivity contribution in [1.82, 2.24) is 9.78 Å². The molecule has 0 unspecified atom stereocenters. The molecule has 6 heteroatoms. The molecule has 0 aliphatic rings. The monoisotopic (exact) mass is 298 g/mol. The van der Waals surface area contributed by atoms with E-state index in [1.165, 1.54) is 0 Å². The van der Waals surface area contributed by atoms with E-state index in [-0.39, 0.29) is 5.75 Å². The Kier molecular flexibility index (Phi) is 3.39. The van der Waals surface area contributed by atoms with Crippen LogP contribution >= 0.6 is 12.6 Å². The first-order valence-electron chi connectivity index (χ1n) is 6.42. The highest BCUT2D eigenvalue weighted by molar-refractivity contribution is 7.80. The van der Waals surface area contributed by atoms with E-state index in [1.54, 1.807) is 11.7 Å². The molecule has 21 heavy (non-hydrogen) atoms. The van der Waals surface area contributed by atoms with Crippen LogP contribution in [0.1, 0.15) is 5.69 Å². The molecule has 0 saturated carbocycles. The van der Waals surface area contributed by atoms with Crippen molar-refractivity contribution in [2.45, 2.75) is 11.8 Å². The Balaban J connectivity index is 2.10. The molecule has 0 aliphatic heterocycles. The van der Waals surface area contributed by atoms with Crippen LogP contribution in [0.2, 0.25) is 0 Å². The lowest BCUT2D eigenvalue weighted by molar-refractivity contribution is 0.481. The van der Waals surface area contributed by atoms with Gasteiger partial charge in [0.2, 0.25) is 0 Å². The van der Waals surface area contributed by atoms with E-state index in [1.807, 2.05) is 43.3 Å². The van der Waals surface area contributed by atoms with E-state index in [2.05, 4.69) is 28.0 Å². The summed E-state index contributed by atoms with van der Waals surface area (Å²) in [7, 11) is 1.79. The summed E-state index contributed by atoms with van der Waals surface area (Å²) in [6.07, 6.45) is 0. The highest BCUT2D eigenvalue weighted by atomic mass is 32.1. The molecule has 0 spiro atoms. The molecule has 0 amide bonds. The third-order valence-corrected chi connectivity index (χ3v) is 3.55. The maximum absolute atomic E-state index is 10.4. The lowest BCUT2D eigenvalue weighted by Gasteiger charge is -2.06. The number of aromatic hydroxyl groups is 1. The van der Waals surface area contributed by atoms with Gasteiger partial charge in [-0.25, -0.2) is 4.68 Å². The number of azo groups is 1. The molecule has 0 fully saturated rings. The fourth-order valence-electron chi connectivity index (χ4n) is 2.19. The summed E-state index contributed by atoms with van der Waals surface area (Å²) in [6.45, 7) is 1.89. The lowest BCUT2D eigenvalue weighted by atomic mass is 10.1. The van der Waals surface area contributed by atoms with E-state index in [0.717, 1.165) is 16.5 Å². The molecule has 106 valence electrons. The standard InChI is InChI=1S/C15H14N4OS/c1-9-7-13(19(2)18-9)16-17-14-12(21)8-10-5-3-4-6-11(10)15(14)20/h3-8,20-21H,1-2H3/b17-16+. The molecule has 0 bridgehead atoms. The summed E-state index contributed by atoms with van der Waals surface area (Å²) in [4.78, 5) is 0.578. The fourth-order valence-corrected chi connectivity index (χ4v) is 2.48. The van der Waals surface area contributed by atoms with Crippen LogP contribution in [0.25, 0.3) is 10.8 Å². The largest absolute Gasteiger partial charge is 0.505 e. The number of aryl methyl sites for hydroxylation is 2. The van der Waals surface area contributed by atoms with Crippen LogP contribution in [0.4, 0.5) is 11.5 Å². The van der Waals surface area contributed by atoms with E-state index in [0.29, 0.717) is 16.4 Å². The Morgan fingerprint density at radius 2 is 1.95 bits per heavy atom. The number of hydrogen-bond donors (Lipinski definition) is 2. The van der Waals surface area contributed by atoms with Crippen LogP contribution in [0.5, 0.6) is 5.75 Å². The molecule has 0 radical (unpaired) electrons. The van der Waals surface area contributed by atoms with Gasteiger partial charge < -0.3 is 5.11 Å². The molecule has 0 saturated heterocycles. The van der Waals surface area contributed by atoms with Gasteiger partial charge in [0.15, 0.2) is 11.6 Å². The Labute approximate surface area is 127 Å². The van der Waals surface area contributed by atoms with Gasteiger partial charge in [-0.05, 0) is 18.4 Å². The maximum atomic E-state index is 10.4. The minimum Gasteiger partial charge on any atom is -0.505 e. The predicted molar refractivity (Wildman–Crippen MR) is 85.0 cm³/mol. The van der Waals surface area contributed by atoms with Crippen LogP contribution in [0, 0.1) is 6.92 Å². The van der Waals surface area contributed by atoms with Crippen molar-refractivity contribution < 1.29 is 5.11 Å². The number of rotatable bonds is 2. The van der Waals surface area contributed by atoms with E-state index in [9.17, 15) is 5.11 Å².